The lowest BCUT2D eigenvalue weighted by atomic mass is 10.0. The summed E-state index contributed by atoms with van der Waals surface area (Å²) in [5.74, 6) is -5.12. The number of hydrogen-bond donors (Lipinski definition) is 2. The van der Waals surface area contributed by atoms with Crippen molar-refractivity contribution in [2.45, 2.75) is 57.1 Å². The van der Waals surface area contributed by atoms with Crippen molar-refractivity contribution >= 4 is 27.5 Å². The second kappa shape index (κ2) is 15.5. The molecule has 0 fully saturated rings. The third-order valence-corrected chi connectivity index (χ3v) is 9.51. The standard InChI is InChI=1S/C36H31F6N5O5S/c1-3-5-13-31-44-47(30-19-23(43-32(48)4-2)16-17-26(30)36(40,41)42)35(50)46(31)20-22-15-14-21(18-29(22)39)24-10-8-12-28(38)33(24)53(51,52)45-34(49)25-9-6-7-11-27(25)37/h6-12,14-19H,3-5,13,20H2,1-2H3,(H,43,48)(H,45,49). The average molecular weight is 760 g/mol. The number of aryl methyl sites for hydroxylation is 1. The number of nitrogens with one attached hydrogen (secondary N) is 2. The number of hydrogen-bond acceptors (Lipinski definition) is 6. The smallest absolute Gasteiger partial charge is 0.326 e. The Bertz CT molecular complexity index is 2370. The van der Waals surface area contributed by atoms with Crippen LogP contribution in [0.1, 0.15) is 60.4 Å². The fourth-order valence-corrected chi connectivity index (χ4v) is 6.70. The van der Waals surface area contributed by atoms with E-state index in [1.54, 1.807) is 11.6 Å². The molecular weight excluding hydrogens is 728 g/mol. The van der Waals surface area contributed by atoms with Gasteiger partial charge < -0.3 is 5.32 Å². The van der Waals surface area contributed by atoms with E-state index >= 15 is 8.78 Å². The highest BCUT2D eigenvalue weighted by molar-refractivity contribution is 7.90. The molecule has 10 nitrogen and oxygen atoms in total. The molecule has 2 amide bonds. The number of aromatic nitrogens is 3. The lowest BCUT2D eigenvalue weighted by Crippen LogP contribution is -2.32. The summed E-state index contributed by atoms with van der Waals surface area (Å²) in [5, 5.41) is 6.64. The van der Waals surface area contributed by atoms with Crippen LogP contribution in [0.2, 0.25) is 0 Å². The van der Waals surface area contributed by atoms with Gasteiger partial charge in [-0.15, -0.1) is 5.10 Å². The van der Waals surface area contributed by atoms with Crippen molar-refractivity contribution in [1.82, 2.24) is 19.1 Å². The van der Waals surface area contributed by atoms with Crippen LogP contribution in [0.5, 0.6) is 0 Å². The van der Waals surface area contributed by atoms with Crippen LogP contribution in [0.4, 0.5) is 32.0 Å². The summed E-state index contributed by atoms with van der Waals surface area (Å²) >= 11 is 0. The Labute approximate surface area is 299 Å². The maximum Gasteiger partial charge on any atom is 0.418 e. The van der Waals surface area contributed by atoms with Gasteiger partial charge >= 0.3 is 11.9 Å². The van der Waals surface area contributed by atoms with Crippen LogP contribution >= 0.6 is 0 Å². The van der Waals surface area contributed by atoms with Gasteiger partial charge in [0.25, 0.3) is 15.9 Å². The van der Waals surface area contributed by atoms with Crippen LogP contribution in [-0.2, 0) is 34.0 Å². The van der Waals surface area contributed by atoms with Crippen LogP contribution in [0.15, 0.2) is 88.6 Å². The number of halogens is 6. The monoisotopic (exact) mass is 759 g/mol. The number of benzene rings is 4. The highest BCUT2D eigenvalue weighted by Gasteiger charge is 2.36. The minimum Gasteiger partial charge on any atom is -0.326 e. The van der Waals surface area contributed by atoms with Crippen molar-refractivity contribution in [2.75, 3.05) is 5.32 Å². The van der Waals surface area contributed by atoms with E-state index in [1.807, 2.05) is 6.92 Å². The SMILES string of the molecule is CCCCc1nn(-c2cc(NC(=O)CC)ccc2C(F)(F)F)c(=O)n1Cc1ccc(-c2cccc(F)c2S(=O)(=O)NC(=O)c2ccccc2F)cc1F. The normalized spacial score (nSPS) is 11.8. The molecule has 0 unspecified atom stereocenters. The number of amides is 2. The first-order chi connectivity index (χ1) is 25.0. The largest absolute Gasteiger partial charge is 0.418 e. The Morgan fingerprint density at radius 3 is 2.25 bits per heavy atom. The molecule has 5 aromatic rings. The average Bonchev–Trinajstić information content (AvgIpc) is 3.41. The predicted octanol–water partition coefficient (Wildman–Crippen LogP) is 7.00. The summed E-state index contributed by atoms with van der Waals surface area (Å²) in [6.07, 6.45) is -3.65. The molecule has 2 N–H and O–H groups in total. The second-order valence-electron chi connectivity index (χ2n) is 11.8. The molecular formula is C36H31F6N5O5S. The molecule has 0 bridgehead atoms. The Hall–Kier alpha value is -5.71. The number of sulfonamides is 1. The number of anilines is 1. The van der Waals surface area contributed by atoms with Crippen molar-refractivity contribution in [2.24, 2.45) is 0 Å². The van der Waals surface area contributed by atoms with Crippen molar-refractivity contribution in [1.29, 1.82) is 0 Å². The van der Waals surface area contributed by atoms with E-state index in [9.17, 15) is 40.4 Å². The molecule has 0 saturated carbocycles. The molecule has 278 valence electrons. The van der Waals surface area contributed by atoms with E-state index in [1.165, 1.54) is 24.3 Å². The van der Waals surface area contributed by atoms with Gasteiger partial charge in [-0.2, -0.15) is 17.9 Å². The number of alkyl halides is 3. The molecule has 17 heteroatoms. The van der Waals surface area contributed by atoms with Gasteiger partial charge in [-0.25, -0.2) is 31.1 Å². The van der Waals surface area contributed by atoms with E-state index in [-0.39, 0.29) is 41.0 Å². The van der Waals surface area contributed by atoms with Crippen LogP contribution in [0, 0.1) is 17.5 Å². The van der Waals surface area contributed by atoms with Gasteiger partial charge in [0.15, 0.2) is 0 Å². The predicted molar refractivity (Wildman–Crippen MR) is 182 cm³/mol. The molecule has 0 atom stereocenters. The molecule has 1 aromatic heterocycles. The molecule has 0 spiro atoms. The molecule has 0 saturated heterocycles. The molecule has 4 aromatic carbocycles. The van der Waals surface area contributed by atoms with Gasteiger partial charge in [0.1, 0.15) is 28.2 Å². The number of carbonyl (C=O) groups excluding carboxylic acids is 2. The summed E-state index contributed by atoms with van der Waals surface area (Å²) in [7, 11) is -5.00. The fourth-order valence-electron chi connectivity index (χ4n) is 5.44. The minimum absolute atomic E-state index is 0.0106. The van der Waals surface area contributed by atoms with Crippen molar-refractivity contribution < 1.29 is 44.3 Å². The molecule has 1 heterocycles. The van der Waals surface area contributed by atoms with Crippen LogP contribution in [0.3, 0.4) is 0 Å². The molecule has 0 aliphatic rings. The number of nitrogens with zero attached hydrogens (tertiary/aromatic N) is 3. The quantitative estimate of drug-likeness (QED) is 0.132. The van der Waals surface area contributed by atoms with Gasteiger partial charge in [-0.1, -0.05) is 56.7 Å². The van der Waals surface area contributed by atoms with E-state index in [2.05, 4.69) is 10.4 Å². The Morgan fingerprint density at radius 1 is 0.868 bits per heavy atom. The molecule has 53 heavy (non-hydrogen) atoms. The lowest BCUT2D eigenvalue weighted by Gasteiger charge is -2.14. The zero-order valence-electron chi connectivity index (χ0n) is 28.1. The summed E-state index contributed by atoms with van der Waals surface area (Å²) in [5.41, 5.74) is -4.19. The maximum absolute atomic E-state index is 15.8. The van der Waals surface area contributed by atoms with Crippen LogP contribution < -0.4 is 15.7 Å². The van der Waals surface area contributed by atoms with E-state index in [0.29, 0.717) is 23.6 Å². The second-order valence-corrected chi connectivity index (χ2v) is 13.4. The summed E-state index contributed by atoms with van der Waals surface area (Å²) < 4.78 is 117. The zero-order valence-corrected chi connectivity index (χ0v) is 28.9. The third-order valence-electron chi connectivity index (χ3n) is 8.10. The number of rotatable bonds is 12. The summed E-state index contributed by atoms with van der Waals surface area (Å²) in [4.78, 5) is 37.3. The third kappa shape index (κ3) is 8.35. The molecule has 0 aliphatic carbocycles. The molecule has 5 rings (SSSR count). The highest BCUT2D eigenvalue weighted by Crippen LogP contribution is 2.35. The first kappa shape index (κ1) is 38.5. The summed E-state index contributed by atoms with van der Waals surface area (Å²) in [6.45, 7) is 2.88. The summed E-state index contributed by atoms with van der Waals surface area (Å²) in [6, 6.07) is 13.6. The van der Waals surface area contributed by atoms with E-state index in [0.717, 1.165) is 53.1 Å². The first-order valence-corrected chi connectivity index (χ1v) is 17.6. The maximum atomic E-state index is 15.8. The number of carbonyl (C=O) groups is 2. The fraction of sp³-hybridized carbons (Fsp3) is 0.222. The van der Waals surface area contributed by atoms with Crippen LogP contribution in [-0.4, -0.2) is 34.6 Å². The van der Waals surface area contributed by atoms with E-state index < -0.39 is 79.4 Å². The first-order valence-electron chi connectivity index (χ1n) is 16.1. The van der Waals surface area contributed by atoms with Crippen molar-refractivity contribution in [3.63, 3.8) is 0 Å². The van der Waals surface area contributed by atoms with Gasteiger partial charge in [-0.3, -0.25) is 14.2 Å². The Morgan fingerprint density at radius 2 is 1.58 bits per heavy atom. The zero-order chi connectivity index (χ0) is 38.7. The van der Waals surface area contributed by atoms with E-state index in [4.69, 9.17) is 0 Å². The van der Waals surface area contributed by atoms with Gasteiger partial charge in [0, 0.05) is 29.7 Å². The highest BCUT2D eigenvalue weighted by atomic mass is 32.2. The Balaban J connectivity index is 1.54. The minimum atomic E-state index is -5.00. The van der Waals surface area contributed by atoms with Gasteiger partial charge in [0.05, 0.1) is 23.4 Å². The molecule has 0 aliphatic heterocycles. The topological polar surface area (TPSA) is 132 Å². The van der Waals surface area contributed by atoms with Crippen LogP contribution in [0.25, 0.3) is 16.8 Å². The Kier molecular flexibility index (Phi) is 11.3. The number of unbranched alkanes of at least 4 members (excludes halogenated alkanes) is 1. The lowest BCUT2D eigenvalue weighted by molar-refractivity contribution is -0.137. The van der Waals surface area contributed by atoms with Gasteiger partial charge in [-0.05, 0) is 54.4 Å². The van der Waals surface area contributed by atoms with Crippen molar-refractivity contribution in [3.05, 3.63) is 129 Å². The van der Waals surface area contributed by atoms with Crippen molar-refractivity contribution in [3.8, 4) is 16.8 Å². The molecule has 0 radical (unpaired) electrons. The van der Waals surface area contributed by atoms with Gasteiger partial charge in [0.2, 0.25) is 5.91 Å².